The first kappa shape index (κ1) is 23.4. The number of carbonyl (C=O) groups excluding carboxylic acids is 2. The van der Waals surface area contributed by atoms with Crippen molar-refractivity contribution in [3.8, 4) is 5.75 Å². The molecule has 4 rings (SSSR count). The second kappa shape index (κ2) is 8.57. The molecule has 1 atom stereocenters. The summed E-state index contributed by atoms with van der Waals surface area (Å²) < 4.78 is 34.7. The van der Waals surface area contributed by atoms with Crippen LogP contribution < -0.4 is 9.46 Å². The van der Waals surface area contributed by atoms with Crippen LogP contribution in [-0.2, 0) is 14.8 Å². The van der Waals surface area contributed by atoms with E-state index in [1.54, 1.807) is 30.9 Å². The zero-order valence-corrected chi connectivity index (χ0v) is 20.3. The molecular formula is C25H30N2O5S. The lowest BCUT2D eigenvalue weighted by molar-refractivity contribution is -0.130. The molecule has 1 spiro atoms. The summed E-state index contributed by atoms with van der Waals surface area (Å²) in [6, 6.07) is 9.16. The van der Waals surface area contributed by atoms with Gasteiger partial charge in [-0.2, -0.15) is 0 Å². The smallest absolute Gasteiger partial charge is 0.241 e. The molecule has 1 amide bonds. The predicted octanol–water partition coefficient (Wildman–Crippen LogP) is 3.23. The summed E-state index contributed by atoms with van der Waals surface area (Å²) in [5.74, 6) is 0.437. The number of para-hydroxylation sites is 1. The minimum atomic E-state index is -3.74. The van der Waals surface area contributed by atoms with Gasteiger partial charge in [-0.1, -0.05) is 18.2 Å². The Labute approximate surface area is 195 Å². The average molecular weight is 471 g/mol. The molecule has 0 radical (unpaired) electrons. The minimum Gasteiger partial charge on any atom is -0.484 e. The molecule has 2 aliphatic rings. The van der Waals surface area contributed by atoms with E-state index in [0.29, 0.717) is 35.7 Å². The highest BCUT2D eigenvalue weighted by Crippen LogP contribution is 2.38. The average Bonchev–Trinajstić information content (AvgIpc) is 3.15. The Morgan fingerprint density at radius 1 is 1.12 bits per heavy atom. The molecule has 0 aliphatic carbocycles. The van der Waals surface area contributed by atoms with E-state index in [-0.39, 0.29) is 31.1 Å². The summed E-state index contributed by atoms with van der Waals surface area (Å²) >= 11 is 0. The molecule has 1 N–H and O–H groups in total. The summed E-state index contributed by atoms with van der Waals surface area (Å²) in [6.45, 7) is 8.21. The number of carbonyl (C=O) groups is 2. The van der Waals surface area contributed by atoms with Crippen molar-refractivity contribution in [2.45, 2.75) is 57.5 Å². The van der Waals surface area contributed by atoms with Gasteiger partial charge >= 0.3 is 0 Å². The van der Waals surface area contributed by atoms with Crippen LogP contribution in [0.15, 0.2) is 35.2 Å². The maximum atomic E-state index is 13.0. The lowest BCUT2D eigenvalue weighted by atomic mass is 9.89. The van der Waals surface area contributed by atoms with E-state index in [1.165, 1.54) is 0 Å². The molecule has 176 valence electrons. The van der Waals surface area contributed by atoms with Crippen LogP contribution in [0.3, 0.4) is 0 Å². The largest absolute Gasteiger partial charge is 0.484 e. The molecule has 1 saturated heterocycles. The molecule has 2 aromatic rings. The number of amides is 1. The molecule has 1 unspecified atom stereocenters. The van der Waals surface area contributed by atoms with Crippen molar-refractivity contribution in [3.05, 3.63) is 58.1 Å². The number of ketones is 1. The van der Waals surface area contributed by atoms with Crippen molar-refractivity contribution in [1.29, 1.82) is 0 Å². The zero-order chi connectivity index (χ0) is 24.0. The van der Waals surface area contributed by atoms with E-state index >= 15 is 0 Å². The molecule has 1 fully saturated rings. The van der Waals surface area contributed by atoms with Crippen LogP contribution >= 0.6 is 0 Å². The molecule has 8 heteroatoms. The highest BCUT2D eigenvalue weighted by molar-refractivity contribution is 7.89. The summed E-state index contributed by atoms with van der Waals surface area (Å²) in [5.41, 5.74) is 3.16. The Morgan fingerprint density at radius 3 is 2.48 bits per heavy atom. The van der Waals surface area contributed by atoms with Crippen molar-refractivity contribution in [2.24, 2.45) is 0 Å². The van der Waals surface area contributed by atoms with Crippen LogP contribution in [0.5, 0.6) is 5.75 Å². The molecule has 7 nitrogen and oxygen atoms in total. The molecule has 2 heterocycles. The second-order valence-corrected chi connectivity index (χ2v) is 10.9. The van der Waals surface area contributed by atoms with Crippen LogP contribution in [0.4, 0.5) is 0 Å². The van der Waals surface area contributed by atoms with Crippen LogP contribution in [0.25, 0.3) is 0 Å². The number of aryl methyl sites for hydroxylation is 2. The fourth-order valence-electron chi connectivity index (χ4n) is 4.83. The van der Waals surface area contributed by atoms with E-state index in [1.807, 2.05) is 32.0 Å². The van der Waals surface area contributed by atoms with Gasteiger partial charge in [-0.05, 0) is 62.1 Å². The Bertz CT molecular complexity index is 1210. The molecular weight excluding hydrogens is 440 g/mol. The van der Waals surface area contributed by atoms with Crippen molar-refractivity contribution in [3.63, 3.8) is 0 Å². The summed E-state index contributed by atoms with van der Waals surface area (Å²) in [7, 11) is -3.74. The fourth-order valence-corrected chi connectivity index (χ4v) is 6.48. The number of sulfonamides is 1. The van der Waals surface area contributed by atoms with Crippen molar-refractivity contribution in [2.75, 3.05) is 19.6 Å². The van der Waals surface area contributed by atoms with Gasteiger partial charge in [0.1, 0.15) is 11.4 Å². The van der Waals surface area contributed by atoms with Gasteiger partial charge in [0.05, 0.1) is 23.4 Å². The fraction of sp³-hybridized carbons (Fsp3) is 0.440. The second-order valence-electron chi connectivity index (χ2n) is 9.18. The zero-order valence-electron chi connectivity index (χ0n) is 19.5. The quantitative estimate of drug-likeness (QED) is 0.724. The van der Waals surface area contributed by atoms with E-state index in [0.717, 1.165) is 22.3 Å². The van der Waals surface area contributed by atoms with Crippen LogP contribution in [0, 0.1) is 27.7 Å². The van der Waals surface area contributed by atoms with Gasteiger partial charge in [0.2, 0.25) is 15.9 Å². The lowest BCUT2D eigenvalue weighted by Gasteiger charge is -2.34. The number of rotatable bonds is 5. The van der Waals surface area contributed by atoms with Crippen molar-refractivity contribution >= 4 is 21.7 Å². The number of likely N-dealkylation sites (tertiary alicyclic amines) is 1. The van der Waals surface area contributed by atoms with Crippen LogP contribution in [0.2, 0.25) is 0 Å². The number of hydrogen-bond donors (Lipinski definition) is 1. The first-order valence-electron chi connectivity index (χ1n) is 11.2. The Hall–Kier alpha value is -2.71. The number of nitrogens with zero attached hydrogens (tertiary/aromatic N) is 1. The van der Waals surface area contributed by atoms with Gasteiger partial charge in [0.25, 0.3) is 0 Å². The molecule has 0 aromatic heterocycles. The van der Waals surface area contributed by atoms with Crippen LogP contribution in [-0.4, -0.2) is 50.2 Å². The first-order chi connectivity index (χ1) is 15.5. The highest BCUT2D eigenvalue weighted by atomic mass is 32.2. The number of hydrogen-bond acceptors (Lipinski definition) is 5. The van der Waals surface area contributed by atoms with E-state index in [4.69, 9.17) is 4.74 Å². The van der Waals surface area contributed by atoms with Gasteiger partial charge < -0.3 is 9.64 Å². The van der Waals surface area contributed by atoms with E-state index < -0.39 is 15.6 Å². The number of nitrogens with one attached hydrogen (secondary N) is 1. The third-order valence-electron chi connectivity index (χ3n) is 6.86. The van der Waals surface area contributed by atoms with Gasteiger partial charge in [-0.15, -0.1) is 0 Å². The maximum Gasteiger partial charge on any atom is 0.241 e. The van der Waals surface area contributed by atoms with Crippen LogP contribution in [0.1, 0.15) is 51.9 Å². The SMILES string of the molecule is Cc1cc(C)c(C)c(S(=O)(=O)NCCC(=O)N2CCC3(CC(=O)c4ccccc4O3)C2)c1C. The van der Waals surface area contributed by atoms with Gasteiger partial charge in [0.15, 0.2) is 5.78 Å². The number of ether oxygens (including phenoxy) is 1. The van der Waals surface area contributed by atoms with Gasteiger partial charge in [-0.25, -0.2) is 13.1 Å². The standard InChI is InChI=1S/C25H30N2O5S/c1-16-13-17(2)19(4)24(18(16)3)33(30,31)26-11-9-23(29)27-12-10-25(15-27)14-21(28)20-7-5-6-8-22(20)32-25/h5-8,13,26H,9-12,14-15H2,1-4H3. The van der Waals surface area contributed by atoms with Crippen molar-refractivity contribution in [1.82, 2.24) is 9.62 Å². The van der Waals surface area contributed by atoms with E-state index in [9.17, 15) is 18.0 Å². The lowest BCUT2D eigenvalue weighted by Crippen LogP contribution is -2.45. The third-order valence-corrected chi connectivity index (χ3v) is 8.60. The van der Waals surface area contributed by atoms with Crippen molar-refractivity contribution < 1.29 is 22.7 Å². The molecule has 2 aliphatic heterocycles. The summed E-state index contributed by atoms with van der Waals surface area (Å²) in [4.78, 5) is 27.4. The minimum absolute atomic E-state index is 0.0131. The topological polar surface area (TPSA) is 92.8 Å². The number of Topliss-reactive ketones (excluding diaryl/α,β-unsaturated/α-hetero) is 1. The molecule has 33 heavy (non-hydrogen) atoms. The molecule has 0 saturated carbocycles. The van der Waals surface area contributed by atoms with Gasteiger partial charge in [-0.3, -0.25) is 9.59 Å². The molecule has 2 aromatic carbocycles. The monoisotopic (exact) mass is 470 g/mol. The summed E-state index contributed by atoms with van der Waals surface area (Å²) in [5, 5.41) is 0. The Kier molecular flexibility index (Phi) is 6.09. The first-order valence-corrected chi connectivity index (χ1v) is 12.7. The predicted molar refractivity (Wildman–Crippen MR) is 125 cm³/mol. The van der Waals surface area contributed by atoms with Gasteiger partial charge in [0, 0.05) is 25.9 Å². The maximum absolute atomic E-state index is 13.0. The third kappa shape index (κ3) is 4.42. The normalized spacial score (nSPS) is 20.1. The summed E-state index contributed by atoms with van der Waals surface area (Å²) in [6.07, 6.45) is 0.861. The number of benzene rings is 2. The highest BCUT2D eigenvalue weighted by Gasteiger charge is 2.46. The number of fused-ring (bicyclic) bond motifs is 1. The molecule has 0 bridgehead atoms. The Morgan fingerprint density at radius 2 is 1.79 bits per heavy atom. The van der Waals surface area contributed by atoms with E-state index in [2.05, 4.69) is 4.72 Å². The Balaban J connectivity index is 1.39.